The van der Waals surface area contributed by atoms with E-state index in [1.165, 1.54) is 12.8 Å². The second-order valence-corrected chi connectivity index (χ2v) is 4.63. The molecule has 0 saturated heterocycles. The number of Topliss-reactive ketones (excluding diaryl/α,β-unsaturated/α-hetero) is 1. The molecule has 2 nitrogen and oxygen atoms in total. The van der Waals surface area contributed by atoms with E-state index in [0.29, 0.717) is 23.5 Å². The van der Waals surface area contributed by atoms with Crippen molar-refractivity contribution in [2.24, 2.45) is 23.5 Å². The summed E-state index contributed by atoms with van der Waals surface area (Å²) in [5.74, 6) is 2.12. The molecule has 0 heterocycles. The van der Waals surface area contributed by atoms with Crippen LogP contribution < -0.4 is 5.73 Å². The summed E-state index contributed by atoms with van der Waals surface area (Å²) in [7, 11) is 0. The molecule has 2 fully saturated rings. The number of carbonyl (C=O) groups is 1. The van der Waals surface area contributed by atoms with Crippen molar-refractivity contribution in [2.45, 2.75) is 38.5 Å². The van der Waals surface area contributed by atoms with E-state index in [-0.39, 0.29) is 0 Å². The Morgan fingerprint density at radius 2 is 1.46 bits per heavy atom. The van der Waals surface area contributed by atoms with Gasteiger partial charge in [-0.15, -0.1) is 0 Å². The molecule has 0 amide bonds. The summed E-state index contributed by atoms with van der Waals surface area (Å²) < 4.78 is 0. The zero-order valence-corrected chi connectivity index (χ0v) is 8.17. The van der Waals surface area contributed by atoms with Gasteiger partial charge >= 0.3 is 0 Å². The Bertz CT molecular complexity index is 190. The molecule has 0 aromatic rings. The van der Waals surface area contributed by atoms with E-state index in [0.717, 1.165) is 32.2 Å². The fourth-order valence-electron chi connectivity index (χ4n) is 2.38. The quantitative estimate of drug-likeness (QED) is 0.720. The summed E-state index contributed by atoms with van der Waals surface area (Å²) in [4.78, 5) is 11.7. The lowest BCUT2D eigenvalue weighted by atomic mass is 9.79. The van der Waals surface area contributed by atoms with Crippen molar-refractivity contribution in [1.82, 2.24) is 0 Å². The SMILES string of the molecule is NCC1CCC(C(=O)C2CC2)CC1. The highest BCUT2D eigenvalue weighted by molar-refractivity contribution is 5.85. The summed E-state index contributed by atoms with van der Waals surface area (Å²) in [5, 5.41) is 0. The number of nitrogens with two attached hydrogens (primary N) is 1. The van der Waals surface area contributed by atoms with Gasteiger partial charge in [-0.3, -0.25) is 4.79 Å². The molecule has 2 saturated carbocycles. The molecule has 2 aliphatic carbocycles. The van der Waals surface area contributed by atoms with Crippen LogP contribution in [0.3, 0.4) is 0 Å². The van der Waals surface area contributed by atoms with E-state index >= 15 is 0 Å². The van der Waals surface area contributed by atoms with Crippen LogP contribution in [0.2, 0.25) is 0 Å². The lowest BCUT2D eigenvalue weighted by Crippen LogP contribution is -2.26. The molecule has 0 aromatic heterocycles. The van der Waals surface area contributed by atoms with E-state index in [2.05, 4.69) is 0 Å². The molecule has 0 spiro atoms. The van der Waals surface area contributed by atoms with Crippen LogP contribution in [0.4, 0.5) is 0 Å². The van der Waals surface area contributed by atoms with Gasteiger partial charge in [-0.1, -0.05) is 0 Å². The second-order valence-electron chi connectivity index (χ2n) is 4.63. The molecule has 2 heteroatoms. The summed E-state index contributed by atoms with van der Waals surface area (Å²) in [5.41, 5.74) is 5.61. The normalized spacial score (nSPS) is 34.5. The Morgan fingerprint density at radius 3 is 1.85 bits per heavy atom. The van der Waals surface area contributed by atoms with Gasteiger partial charge in [-0.05, 0) is 51.0 Å². The minimum absolute atomic E-state index is 0.398. The molecule has 74 valence electrons. The predicted molar refractivity (Wildman–Crippen MR) is 52.2 cm³/mol. The van der Waals surface area contributed by atoms with Gasteiger partial charge in [-0.25, -0.2) is 0 Å². The Labute approximate surface area is 79.9 Å². The number of hydrogen-bond acceptors (Lipinski definition) is 2. The molecule has 2 N–H and O–H groups in total. The molecule has 0 atom stereocenters. The van der Waals surface area contributed by atoms with Crippen molar-refractivity contribution in [3.8, 4) is 0 Å². The number of ketones is 1. The van der Waals surface area contributed by atoms with Crippen molar-refractivity contribution in [3.63, 3.8) is 0 Å². The second kappa shape index (κ2) is 3.79. The highest BCUT2D eigenvalue weighted by atomic mass is 16.1. The van der Waals surface area contributed by atoms with Crippen LogP contribution in [0.15, 0.2) is 0 Å². The Kier molecular flexibility index (Phi) is 2.68. The molecule has 0 bridgehead atoms. The molecular weight excluding hydrogens is 162 g/mol. The first-order valence-corrected chi connectivity index (χ1v) is 5.55. The maximum absolute atomic E-state index is 11.7. The molecule has 2 aliphatic rings. The summed E-state index contributed by atoms with van der Waals surface area (Å²) in [6.07, 6.45) is 6.90. The van der Waals surface area contributed by atoms with Crippen LogP contribution in [-0.2, 0) is 4.79 Å². The van der Waals surface area contributed by atoms with Crippen LogP contribution in [0, 0.1) is 17.8 Å². The monoisotopic (exact) mass is 181 g/mol. The van der Waals surface area contributed by atoms with E-state index in [1.54, 1.807) is 0 Å². The molecular formula is C11H19NO. The summed E-state index contributed by atoms with van der Waals surface area (Å²) in [6.45, 7) is 0.810. The Morgan fingerprint density at radius 1 is 1.00 bits per heavy atom. The fourth-order valence-corrected chi connectivity index (χ4v) is 2.38. The number of hydrogen-bond donors (Lipinski definition) is 1. The van der Waals surface area contributed by atoms with Crippen molar-refractivity contribution in [1.29, 1.82) is 0 Å². The third-order valence-corrected chi connectivity index (χ3v) is 3.56. The third kappa shape index (κ3) is 2.11. The van der Waals surface area contributed by atoms with Crippen LogP contribution in [0.1, 0.15) is 38.5 Å². The first kappa shape index (κ1) is 9.20. The maximum Gasteiger partial charge on any atom is 0.139 e. The van der Waals surface area contributed by atoms with Gasteiger partial charge in [0.05, 0.1) is 0 Å². The lowest BCUT2D eigenvalue weighted by Gasteiger charge is -2.26. The first-order valence-electron chi connectivity index (χ1n) is 5.55. The van der Waals surface area contributed by atoms with Crippen LogP contribution in [-0.4, -0.2) is 12.3 Å². The Hall–Kier alpha value is -0.370. The average molecular weight is 181 g/mol. The van der Waals surface area contributed by atoms with Crippen LogP contribution in [0.25, 0.3) is 0 Å². The standard InChI is InChI=1S/C11H19NO/c12-7-8-1-3-9(4-2-8)11(13)10-5-6-10/h8-10H,1-7,12H2. The van der Waals surface area contributed by atoms with E-state index in [4.69, 9.17) is 5.73 Å². The minimum atomic E-state index is 0.398. The molecule has 13 heavy (non-hydrogen) atoms. The highest BCUT2D eigenvalue weighted by Gasteiger charge is 2.36. The number of carbonyl (C=O) groups excluding carboxylic acids is 1. The molecule has 0 unspecified atom stereocenters. The van der Waals surface area contributed by atoms with Crippen LogP contribution in [0.5, 0.6) is 0 Å². The topological polar surface area (TPSA) is 43.1 Å². The van der Waals surface area contributed by atoms with Crippen molar-refractivity contribution in [2.75, 3.05) is 6.54 Å². The zero-order chi connectivity index (χ0) is 9.26. The highest BCUT2D eigenvalue weighted by Crippen LogP contribution is 2.38. The van der Waals surface area contributed by atoms with Gasteiger partial charge in [0.15, 0.2) is 0 Å². The minimum Gasteiger partial charge on any atom is -0.330 e. The van der Waals surface area contributed by atoms with Crippen molar-refractivity contribution < 1.29 is 4.79 Å². The van der Waals surface area contributed by atoms with Crippen molar-refractivity contribution in [3.05, 3.63) is 0 Å². The number of rotatable bonds is 3. The molecule has 0 aromatic carbocycles. The Balaban J connectivity index is 1.79. The van der Waals surface area contributed by atoms with Crippen LogP contribution >= 0.6 is 0 Å². The molecule has 0 radical (unpaired) electrons. The van der Waals surface area contributed by atoms with E-state index < -0.39 is 0 Å². The zero-order valence-electron chi connectivity index (χ0n) is 8.17. The van der Waals surface area contributed by atoms with Gasteiger partial charge in [-0.2, -0.15) is 0 Å². The van der Waals surface area contributed by atoms with E-state index in [9.17, 15) is 4.79 Å². The van der Waals surface area contributed by atoms with Gasteiger partial charge in [0.1, 0.15) is 5.78 Å². The largest absolute Gasteiger partial charge is 0.330 e. The summed E-state index contributed by atoms with van der Waals surface area (Å²) in [6, 6.07) is 0. The van der Waals surface area contributed by atoms with Gasteiger partial charge in [0.25, 0.3) is 0 Å². The first-order chi connectivity index (χ1) is 6.31. The molecule has 0 aliphatic heterocycles. The molecule has 2 rings (SSSR count). The van der Waals surface area contributed by atoms with E-state index in [1.807, 2.05) is 0 Å². The lowest BCUT2D eigenvalue weighted by molar-refractivity contribution is -0.125. The predicted octanol–water partition coefficient (Wildman–Crippen LogP) is 1.73. The third-order valence-electron chi connectivity index (χ3n) is 3.56. The van der Waals surface area contributed by atoms with Gasteiger partial charge in [0, 0.05) is 11.8 Å². The van der Waals surface area contributed by atoms with Crippen molar-refractivity contribution >= 4 is 5.78 Å². The van der Waals surface area contributed by atoms with Gasteiger partial charge in [0.2, 0.25) is 0 Å². The smallest absolute Gasteiger partial charge is 0.139 e. The van der Waals surface area contributed by atoms with Gasteiger partial charge < -0.3 is 5.73 Å². The fraction of sp³-hybridized carbons (Fsp3) is 0.909. The average Bonchev–Trinajstić information content (AvgIpc) is 3.00. The maximum atomic E-state index is 11.7. The summed E-state index contributed by atoms with van der Waals surface area (Å²) >= 11 is 0.